The SMILES string of the molecule is CCC[C@@H](C)COCc1ccccc1. The normalized spacial score (nSPS) is 12.7. The summed E-state index contributed by atoms with van der Waals surface area (Å²) in [5.74, 6) is 0.684. The van der Waals surface area contributed by atoms with Gasteiger partial charge in [0.25, 0.3) is 0 Å². The first-order valence-electron chi connectivity index (χ1n) is 5.44. The number of hydrogen-bond donors (Lipinski definition) is 0. The van der Waals surface area contributed by atoms with Crippen LogP contribution in [0.15, 0.2) is 30.3 Å². The molecule has 0 heterocycles. The second kappa shape index (κ2) is 6.61. The van der Waals surface area contributed by atoms with Gasteiger partial charge in [-0.05, 0) is 17.9 Å². The van der Waals surface area contributed by atoms with E-state index in [1.54, 1.807) is 0 Å². The lowest BCUT2D eigenvalue weighted by atomic mass is 10.1. The number of benzene rings is 1. The van der Waals surface area contributed by atoms with Crippen molar-refractivity contribution < 1.29 is 4.74 Å². The van der Waals surface area contributed by atoms with Crippen molar-refractivity contribution in [2.24, 2.45) is 5.92 Å². The summed E-state index contributed by atoms with van der Waals surface area (Å²) in [4.78, 5) is 0. The average molecular weight is 192 g/mol. The smallest absolute Gasteiger partial charge is 0.0717 e. The third kappa shape index (κ3) is 4.43. The van der Waals surface area contributed by atoms with E-state index in [2.05, 4.69) is 26.0 Å². The van der Waals surface area contributed by atoms with Gasteiger partial charge in [0, 0.05) is 6.61 Å². The molecular weight excluding hydrogens is 172 g/mol. The van der Waals surface area contributed by atoms with Crippen LogP contribution in [0.1, 0.15) is 32.3 Å². The van der Waals surface area contributed by atoms with Gasteiger partial charge in [-0.2, -0.15) is 0 Å². The van der Waals surface area contributed by atoms with Crippen LogP contribution in [-0.4, -0.2) is 6.61 Å². The lowest BCUT2D eigenvalue weighted by Crippen LogP contribution is -2.05. The monoisotopic (exact) mass is 192 g/mol. The van der Waals surface area contributed by atoms with Gasteiger partial charge in [0.2, 0.25) is 0 Å². The van der Waals surface area contributed by atoms with Crippen LogP contribution < -0.4 is 0 Å². The molecule has 0 aliphatic heterocycles. The molecule has 1 nitrogen and oxygen atoms in total. The van der Waals surface area contributed by atoms with Gasteiger partial charge >= 0.3 is 0 Å². The third-order valence-electron chi connectivity index (χ3n) is 2.30. The van der Waals surface area contributed by atoms with Crippen LogP contribution in [0.25, 0.3) is 0 Å². The minimum Gasteiger partial charge on any atom is -0.376 e. The van der Waals surface area contributed by atoms with Gasteiger partial charge in [-0.1, -0.05) is 50.6 Å². The van der Waals surface area contributed by atoms with E-state index in [1.165, 1.54) is 18.4 Å². The number of hydrogen-bond acceptors (Lipinski definition) is 1. The predicted molar refractivity (Wildman–Crippen MR) is 60.2 cm³/mol. The molecule has 0 saturated carbocycles. The van der Waals surface area contributed by atoms with Crippen LogP contribution in [-0.2, 0) is 11.3 Å². The van der Waals surface area contributed by atoms with Crippen LogP contribution in [0, 0.1) is 5.92 Å². The lowest BCUT2D eigenvalue weighted by Gasteiger charge is -2.10. The molecule has 1 heteroatoms. The fourth-order valence-electron chi connectivity index (χ4n) is 1.53. The molecule has 78 valence electrons. The van der Waals surface area contributed by atoms with E-state index in [4.69, 9.17) is 4.74 Å². The predicted octanol–water partition coefficient (Wildman–Crippen LogP) is 3.64. The van der Waals surface area contributed by atoms with E-state index in [1.807, 2.05) is 18.2 Å². The zero-order valence-corrected chi connectivity index (χ0v) is 9.20. The summed E-state index contributed by atoms with van der Waals surface area (Å²) < 4.78 is 5.63. The van der Waals surface area contributed by atoms with Crippen LogP contribution in [0.2, 0.25) is 0 Å². The van der Waals surface area contributed by atoms with Crippen molar-refractivity contribution in [3.63, 3.8) is 0 Å². The molecule has 0 fully saturated rings. The Kier molecular flexibility index (Phi) is 5.31. The highest BCUT2D eigenvalue weighted by molar-refractivity contribution is 5.13. The van der Waals surface area contributed by atoms with Crippen LogP contribution in [0.5, 0.6) is 0 Å². The minimum atomic E-state index is 0.684. The highest BCUT2D eigenvalue weighted by atomic mass is 16.5. The lowest BCUT2D eigenvalue weighted by molar-refractivity contribution is 0.0893. The second-order valence-corrected chi connectivity index (χ2v) is 3.89. The Morgan fingerprint density at radius 3 is 2.57 bits per heavy atom. The molecule has 0 bridgehead atoms. The maximum Gasteiger partial charge on any atom is 0.0717 e. The van der Waals surface area contributed by atoms with Crippen molar-refractivity contribution in [3.05, 3.63) is 35.9 Å². The average Bonchev–Trinajstić information content (AvgIpc) is 2.20. The minimum absolute atomic E-state index is 0.684. The Morgan fingerprint density at radius 1 is 1.21 bits per heavy atom. The second-order valence-electron chi connectivity index (χ2n) is 3.89. The van der Waals surface area contributed by atoms with E-state index in [0.29, 0.717) is 5.92 Å². The maximum absolute atomic E-state index is 5.63. The first kappa shape index (κ1) is 11.3. The molecule has 0 aromatic heterocycles. The molecule has 0 spiro atoms. The number of ether oxygens (including phenoxy) is 1. The zero-order valence-electron chi connectivity index (χ0n) is 9.20. The van der Waals surface area contributed by atoms with Gasteiger partial charge in [0.1, 0.15) is 0 Å². The van der Waals surface area contributed by atoms with Crippen molar-refractivity contribution in [1.82, 2.24) is 0 Å². The van der Waals surface area contributed by atoms with Crippen molar-refractivity contribution in [2.75, 3.05) is 6.61 Å². The Labute approximate surface area is 87.1 Å². The van der Waals surface area contributed by atoms with Crippen molar-refractivity contribution in [3.8, 4) is 0 Å². The fraction of sp³-hybridized carbons (Fsp3) is 0.538. The summed E-state index contributed by atoms with van der Waals surface area (Å²) >= 11 is 0. The summed E-state index contributed by atoms with van der Waals surface area (Å²) in [5, 5.41) is 0. The highest BCUT2D eigenvalue weighted by Gasteiger charge is 2.00. The highest BCUT2D eigenvalue weighted by Crippen LogP contribution is 2.07. The molecule has 14 heavy (non-hydrogen) atoms. The van der Waals surface area contributed by atoms with Crippen molar-refractivity contribution in [2.45, 2.75) is 33.3 Å². The van der Waals surface area contributed by atoms with Gasteiger partial charge in [0.05, 0.1) is 6.61 Å². The first-order chi connectivity index (χ1) is 6.83. The van der Waals surface area contributed by atoms with Crippen LogP contribution in [0.3, 0.4) is 0 Å². The van der Waals surface area contributed by atoms with Gasteiger partial charge in [-0.25, -0.2) is 0 Å². The largest absolute Gasteiger partial charge is 0.376 e. The van der Waals surface area contributed by atoms with Gasteiger partial charge in [-0.3, -0.25) is 0 Å². The Bertz CT molecular complexity index is 230. The fourth-order valence-corrected chi connectivity index (χ4v) is 1.53. The molecule has 0 aliphatic rings. The molecule has 0 aliphatic carbocycles. The Balaban J connectivity index is 2.16. The molecule has 1 atom stereocenters. The van der Waals surface area contributed by atoms with Gasteiger partial charge in [-0.15, -0.1) is 0 Å². The van der Waals surface area contributed by atoms with E-state index < -0.39 is 0 Å². The summed E-state index contributed by atoms with van der Waals surface area (Å²) in [6.45, 7) is 6.08. The quantitative estimate of drug-likeness (QED) is 0.668. The molecular formula is C13H20O. The van der Waals surface area contributed by atoms with E-state index in [-0.39, 0.29) is 0 Å². The molecule has 0 radical (unpaired) electrons. The van der Waals surface area contributed by atoms with Gasteiger partial charge in [0.15, 0.2) is 0 Å². The van der Waals surface area contributed by atoms with E-state index in [0.717, 1.165) is 13.2 Å². The summed E-state index contributed by atoms with van der Waals surface area (Å²) in [5.41, 5.74) is 1.26. The standard InChI is InChI=1S/C13H20O/c1-3-7-12(2)10-14-11-13-8-5-4-6-9-13/h4-6,8-9,12H,3,7,10-11H2,1-2H3/t12-/m1/s1. The van der Waals surface area contributed by atoms with E-state index >= 15 is 0 Å². The zero-order chi connectivity index (χ0) is 10.2. The van der Waals surface area contributed by atoms with Crippen LogP contribution >= 0.6 is 0 Å². The maximum atomic E-state index is 5.63. The molecule has 0 unspecified atom stereocenters. The Hall–Kier alpha value is -0.820. The Morgan fingerprint density at radius 2 is 1.93 bits per heavy atom. The molecule has 0 amide bonds. The topological polar surface area (TPSA) is 9.23 Å². The van der Waals surface area contributed by atoms with Crippen molar-refractivity contribution >= 4 is 0 Å². The molecule has 1 aromatic carbocycles. The number of rotatable bonds is 6. The molecule has 0 saturated heterocycles. The summed E-state index contributed by atoms with van der Waals surface area (Å²) in [6, 6.07) is 10.3. The summed E-state index contributed by atoms with van der Waals surface area (Å²) in [6.07, 6.45) is 2.50. The first-order valence-corrected chi connectivity index (χ1v) is 5.44. The van der Waals surface area contributed by atoms with Gasteiger partial charge < -0.3 is 4.74 Å². The third-order valence-corrected chi connectivity index (χ3v) is 2.30. The molecule has 1 aromatic rings. The van der Waals surface area contributed by atoms with Crippen LogP contribution in [0.4, 0.5) is 0 Å². The molecule has 1 rings (SSSR count). The van der Waals surface area contributed by atoms with E-state index in [9.17, 15) is 0 Å². The molecule has 0 N–H and O–H groups in total. The van der Waals surface area contributed by atoms with Crippen molar-refractivity contribution in [1.29, 1.82) is 0 Å². The summed E-state index contributed by atoms with van der Waals surface area (Å²) in [7, 11) is 0.